The summed E-state index contributed by atoms with van der Waals surface area (Å²) in [7, 11) is 5.31. The van der Waals surface area contributed by atoms with Crippen molar-refractivity contribution in [3.63, 3.8) is 0 Å². The van der Waals surface area contributed by atoms with Crippen LogP contribution in [0.4, 0.5) is 0 Å². The molecule has 0 N–H and O–H groups in total. The summed E-state index contributed by atoms with van der Waals surface area (Å²) >= 11 is 5.37. The first kappa shape index (κ1) is 6.94. The summed E-state index contributed by atoms with van der Waals surface area (Å²) in [6.07, 6.45) is 0. The first-order valence-electron chi connectivity index (χ1n) is 1.62. The number of hydrogen-bond donors (Lipinski definition) is 0. The van der Waals surface area contributed by atoms with E-state index in [0.29, 0.717) is 0 Å². The third kappa shape index (κ3) is 4.94. The quantitative estimate of drug-likeness (QED) is 0.301. The zero-order valence-electron chi connectivity index (χ0n) is 3.29. The van der Waals surface area contributed by atoms with Crippen LogP contribution in [0.5, 0.6) is 0 Å². The van der Waals surface area contributed by atoms with E-state index in [-0.39, 0.29) is 0 Å². The lowest BCUT2D eigenvalue weighted by molar-refractivity contribution is 1.48. The summed E-state index contributed by atoms with van der Waals surface area (Å²) in [5, 5.41) is 0. The van der Waals surface area contributed by atoms with Gasteiger partial charge >= 0.3 is 0 Å². The lowest BCUT2D eigenvalue weighted by Crippen LogP contribution is -2.01. The molecule has 0 spiro atoms. The van der Waals surface area contributed by atoms with Crippen LogP contribution in [0, 0.1) is 0 Å². The average Bonchev–Trinajstić information content (AvgIpc) is 1.61. The van der Waals surface area contributed by atoms with Gasteiger partial charge in [-0.1, -0.05) is 6.04 Å². The summed E-state index contributed by atoms with van der Waals surface area (Å²) in [5.41, 5.74) is 0. The topological polar surface area (TPSA) is 0 Å². The fourth-order valence-corrected chi connectivity index (χ4v) is 2.96. The van der Waals surface area contributed by atoms with Crippen molar-refractivity contribution in [3.05, 3.63) is 0 Å². The van der Waals surface area contributed by atoms with E-state index < -0.39 is 0 Å². The normalized spacial score (nSPS) is 9.00. The van der Waals surface area contributed by atoms with Crippen LogP contribution in [0.1, 0.15) is 0 Å². The lowest BCUT2D eigenvalue weighted by Gasteiger charge is -1.81. The summed E-state index contributed by atoms with van der Waals surface area (Å²) in [6.45, 7) is 0. The second kappa shape index (κ2) is 5.94. The third-order valence-electron chi connectivity index (χ3n) is 0.308. The van der Waals surface area contributed by atoms with E-state index in [9.17, 15) is 0 Å². The van der Waals surface area contributed by atoms with Gasteiger partial charge in [0.1, 0.15) is 0 Å². The number of halogens is 1. The molecule has 0 aliphatic heterocycles. The van der Waals surface area contributed by atoms with Crippen molar-refractivity contribution in [3.8, 4) is 0 Å². The van der Waals surface area contributed by atoms with Crippen LogP contribution in [0.25, 0.3) is 0 Å². The molecule has 0 aromatic carbocycles. The molecule has 0 aromatic rings. The second-order valence-corrected chi connectivity index (χ2v) is 6.28. The third-order valence-corrected chi connectivity index (χ3v) is 4.36. The number of rotatable bonds is 3. The molecule has 0 rings (SSSR count). The van der Waals surface area contributed by atoms with E-state index in [1.165, 1.54) is 6.04 Å². The van der Waals surface area contributed by atoms with Crippen molar-refractivity contribution < 1.29 is 0 Å². The minimum absolute atomic E-state index is 0.815. The fraction of sp³-hybridized carbons (Fsp3) is 1.00. The summed E-state index contributed by atoms with van der Waals surface area (Å²) in [4.78, 5) is 0. The van der Waals surface area contributed by atoms with Gasteiger partial charge in [0.15, 0.2) is 0 Å². The fourth-order valence-electron chi connectivity index (χ4n) is 0.110. The minimum atomic E-state index is 0.815. The molecule has 6 heavy (non-hydrogen) atoms. The van der Waals surface area contributed by atoms with Gasteiger partial charge < -0.3 is 0 Å². The van der Waals surface area contributed by atoms with Crippen molar-refractivity contribution in [1.29, 1.82) is 0 Å². The van der Waals surface area contributed by atoms with Gasteiger partial charge in [-0.2, -0.15) is 0 Å². The van der Waals surface area contributed by atoms with Gasteiger partial charge in [-0.3, -0.25) is 0 Å². The van der Waals surface area contributed by atoms with Crippen molar-refractivity contribution in [2.75, 3.05) is 5.88 Å². The van der Waals surface area contributed by atoms with Crippen molar-refractivity contribution in [2.45, 2.75) is 6.04 Å². The molecular formula is C2H4ClSi3. The summed E-state index contributed by atoms with van der Waals surface area (Å²) in [5.74, 6) is 0.815. The predicted octanol–water partition coefficient (Wildman–Crippen LogP) is 0.0504. The molecule has 0 amide bonds. The number of hydrogen-bond acceptors (Lipinski definition) is 0. The molecule has 31 valence electrons. The molecule has 0 atom stereocenters. The Labute approximate surface area is 51.3 Å². The Bertz CT molecular complexity index is 20.8. The van der Waals surface area contributed by atoms with Crippen molar-refractivity contribution in [1.82, 2.24) is 0 Å². The second-order valence-electron chi connectivity index (χ2n) is 0.741. The van der Waals surface area contributed by atoms with Crippen LogP contribution >= 0.6 is 11.6 Å². The van der Waals surface area contributed by atoms with Gasteiger partial charge in [0.05, 0.1) is 0 Å². The molecule has 0 aliphatic rings. The molecule has 0 aliphatic carbocycles. The minimum Gasteiger partial charge on any atom is -0.127 e. The Kier molecular flexibility index (Phi) is 6.87. The van der Waals surface area contributed by atoms with E-state index in [1.54, 1.807) is 0 Å². The van der Waals surface area contributed by atoms with Crippen molar-refractivity contribution in [2.24, 2.45) is 0 Å². The van der Waals surface area contributed by atoms with Gasteiger partial charge in [-0.15, -0.1) is 11.6 Å². The Morgan fingerprint density at radius 2 is 2.33 bits per heavy atom. The van der Waals surface area contributed by atoms with E-state index >= 15 is 0 Å². The Hall–Kier alpha value is 0.941. The van der Waals surface area contributed by atoms with Crippen LogP contribution in [-0.2, 0) is 0 Å². The lowest BCUT2D eigenvalue weighted by atomic mass is 11.0. The van der Waals surface area contributed by atoms with Gasteiger partial charge in [0.25, 0.3) is 0 Å². The summed E-state index contributed by atoms with van der Waals surface area (Å²) in [6, 6.07) is 1.17. The van der Waals surface area contributed by atoms with E-state index in [0.717, 1.165) is 23.5 Å². The van der Waals surface area contributed by atoms with Crippen LogP contribution in [0.15, 0.2) is 0 Å². The zero-order valence-corrected chi connectivity index (χ0v) is 7.05. The molecule has 7 radical (unpaired) electrons. The van der Waals surface area contributed by atoms with Crippen molar-refractivity contribution >= 4 is 39.0 Å². The molecule has 4 heteroatoms. The maximum Gasteiger partial charge on any atom is 0.0195 e. The standard InChI is InChI=1S/C2H4ClSi3/c3-1-2-5-6-4/h1-2H2. The Balaban J connectivity index is 2.34. The molecule has 0 nitrogen and oxygen atoms in total. The van der Waals surface area contributed by atoms with Gasteiger partial charge in [0, 0.05) is 33.2 Å². The molecule has 0 heterocycles. The predicted molar refractivity (Wildman–Crippen MR) is 32.8 cm³/mol. The highest BCUT2D eigenvalue weighted by Crippen LogP contribution is 1.79. The molecule has 0 fully saturated rings. The molecule has 0 saturated heterocycles. The smallest absolute Gasteiger partial charge is 0.0195 e. The maximum atomic E-state index is 5.37. The number of alkyl halides is 1. The SMILES string of the molecule is [Si][Si][Si]CCCl. The largest absolute Gasteiger partial charge is 0.127 e. The highest BCUT2D eigenvalue weighted by molar-refractivity contribution is 7.23. The van der Waals surface area contributed by atoms with Gasteiger partial charge in [-0.05, 0) is 0 Å². The molecular weight excluding hydrogens is 144 g/mol. The van der Waals surface area contributed by atoms with Crippen LogP contribution in [0.2, 0.25) is 6.04 Å². The summed E-state index contributed by atoms with van der Waals surface area (Å²) < 4.78 is 0. The molecule has 0 saturated carbocycles. The molecule has 0 unspecified atom stereocenters. The zero-order chi connectivity index (χ0) is 4.83. The molecule has 0 bridgehead atoms. The van der Waals surface area contributed by atoms with Crippen LogP contribution in [0.3, 0.4) is 0 Å². The monoisotopic (exact) mass is 147 g/mol. The van der Waals surface area contributed by atoms with E-state index in [2.05, 4.69) is 9.76 Å². The van der Waals surface area contributed by atoms with Gasteiger partial charge in [0.2, 0.25) is 0 Å². The molecule has 0 aromatic heterocycles. The highest BCUT2D eigenvalue weighted by atomic mass is 35.5. The highest BCUT2D eigenvalue weighted by Gasteiger charge is 1.79. The first-order valence-corrected chi connectivity index (χ1v) is 6.86. The first-order chi connectivity index (χ1) is 2.91. The average molecular weight is 148 g/mol. The Morgan fingerprint density at radius 3 is 2.50 bits per heavy atom. The van der Waals surface area contributed by atoms with Crippen LogP contribution < -0.4 is 0 Å². The maximum absolute atomic E-state index is 5.37. The van der Waals surface area contributed by atoms with Gasteiger partial charge in [-0.25, -0.2) is 0 Å². The Morgan fingerprint density at radius 1 is 1.67 bits per heavy atom. The van der Waals surface area contributed by atoms with E-state index in [1.807, 2.05) is 0 Å². The van der Waals surface area contributed by atoms with E-state index in [4.69, 9.17) is 11.6 Å². The van der Waals surface area contributed by atoms with Crippen LogP contribution in [-0.4, -0.2) is 33.2 Å².